The minimum atomic E-state index is -0.248. The number of rotatable bonds is 5. The second kappa shape index (κ2) is 5.87. The minimum absolute atomic E-state index is 0.0982. The van der Waals surface area contributed by atoms with Crippen LogP contribution in [-0.4, -0.2) is 31.8 Å². The van der Waals surface area contributed by atoms with E-state index in [0.29, 0.717) is 13.0 Å². The Morgan fingerprint density at radius 2 is 2.33 bits per heavy atom. The summed E-state index contributed by atoms with van der Waals surface area (Å²) in [5, 5.41) is 3.20. The fourth-order valence-corrected chi connectivity index (χ4v) is 2.18. The zero-order valence-electron chi connectivity index (χ0n) is 10.8. The third-order valence-corrected chi connectivity index (χ3v) is 3.20. The standard InChI is InChI=1S/C14H19NO3/c1-3-12(14(16)17-2)15-9-11-8-10-6-4-5-7-13(10)18-11/h4-7,11-12,15H,3,8-9H2,1-2H3. The molecule has 0 saturated carbocycles. The van der Waals surface area contributed by atoms with Crippen molar-refractivity contribution in [1.82, 2.24) is 5.32 Å². The van der Waals surface area contributed by atoms with Crippen LogP contribution in [0.2, 0.25) is 0 Å². The molecule has 0 aromatic heterocycles. The molecule has 4 nitrogen and oxygen atoms in total. The molecule has 0 aliphatic carbocycles. The number of esters is 1. The molecule has 2 rings (SSSR count). The van der Waals surface area contributed by atoms with E-state index in [4.69, 9.17) is 9.47 Å². The van der Waals surface area contributed by atoms with Crippen LogP contribution < -0.4 is 10.1 Å². The summed E-state index contributed by atoms with van der Waals surface area (Å²) in [6, 6.07) is 7.79. The molecule has 0 radical (unpaired) electrons. The van der Waals surface area contributed by atoms with Crippen LogP contribution in [0.1, 0.15) is 18.9 Å². The molecule has 0 amide bonds. The fourth-order valence-electron chi connectivity index (χ4n) is 2.18. The molecule has 1 aliphatic rings. The number of methoxy groups -OCH3 is 1. The predicted molar refractivity (Wildman–Crippen MR) is 68.7 cm³/mol. The number of ether oxygens (including phenoxy) is 2. The van der Waals surface area contributed by atoms with E-state index >= 15 is 0 Å². The van der Waals surface area contributed by atoms with Crippen molar-refractivity contribution in [3.05, 3.63) is 29.8 Å². The number of nitrogens with one attached hydrogen (secondary N) is 1. The highest BCUT2D eigenvalue weighted by molar-refractivity contribution is 5.75. The summed E-state index contributed by atoms with van der Waals surface area (Å²) in [4.78, 5) is 11.4. The van der Waals surface area contributed by atoms with Crippen molar-refractivity contribution < 1.29 is 14.3 Å². The van der Waals surface area contributed by atoms with Gasteiger partial charge in [-0.2, -0.15) is 0 Å². The fraction of sp³-hybridized carbons (Fsp3) is 0.500. The third-order valence-electron chi connectivity index (χ3n) is 3.20. The summed E-state index contributed by atoms with van der Waals surface area (Å²) in [5.41, 5.74) is 1.23. The lowest BCUT2D eigenvalue weighted by atomic mass is 10.1. The van der Waals surface area contributed by atoms with E-state index in [2.05, 4.69) is 11.4 Å². The van der Waals surface area contributed by atoms with Gasteiger partial charge in [0.05, 0.1) is 7.11 Å². The zero-order chi connectivity index (χ0) is 13.0. The summed E-state index contributed by atoms with van der Waals surface area (Å²) >= 11 is 0. The van der Waals surface area contributed by atoms with Gasteiger partial charge in [0.2, 0.25) is 0 Å². The quantitative estimate of drug-likeness (QED) is 0.804. The van der Waals surface area contributed by atoms with Gasteiger partial charge >= 0.3 is 5.97 Å². The molecule has 2 unspecified atom stereocenters. The number of benzene rings is 1. The first-order chi connectivity index (χ1) is 8.74. The Hall–Kier alpha value is -1.55. The number of hydrogen-bond acceptors (Lipinski definition) is 4. The normalized spacial score (nSPS) is 18.9. The van der Waals surface area contributed by atoms with Crippen molar-refractivity contribution in [3.63, 3.8) is 0 Å². The van der Waals surface area contributed by atoms with Gasteiger partial charge in [-0.25, -0.2) is 0 Å². The van der Waals surface area contributed by atoms with Gasteiger partial charge in [-0.1, -0.05) is 25.1 Å². The predicted octanol–water partition coefficient (Wildman–Crippen LogP) is 1.53. The first-order valence-electron chi connectivity index (χ1n) is 6.30. The molecule has 98 valence electrons. The van der Waals surface area contributed by atoms with Crippen LogP contribution in [0.3, 0.4) is 0 Å². The van der Waals surface area contributed by atoms with Gasteiger partial charge in [0, 0.05) is 13.0 Å². The van der Waals surface area contributed by atoms with E-state index in [-0.39, 0.29) is 18.1 Å². The molecule has 0 bridgehead atoms. The molecule has 18 heavy (non-hydrogen) atoms. The maximum absolute atomic E-state index is 11.4. The van der Waals surface area contributed by atoms with E-state index in [9.17, 15) is 4.79 Å². The summed E-state index contributed by atoms with van der Waals surface area (Å²) in [6.07, 6.45) is 1.70. The van der Waals surface area contributed by atoms with Gasteiger partial charge in [0.15, 0.2) is 0 Å². The molecule has 1 N–H and O–H groups in total. The Kier molecular flexibility index (Phi) is 4.20. The number of para-hydroxylation sites is 1. The largest absolute Gasteiger partial charge is 0.488 e. The summed E-state index contributed by atoms with van der Waals surface area (Å²) in [7, 11) is 1.41. The average Bonchev–Trinajstić information content (AvgIpc) is 2.81. The number of fused-ring (bicyclic) bond motifs is 1. The molecule has 0 fully saturated rings. The first kappa shape index (κ1) is 12.9. The second-order valence-electron chi connectivity index (χ2n) is 4.44. The lowest BCUT2D eigenvalue weighted by Crippen LogP contribution is -2.42. The molecule has 0 spiro atoms. The van der Waals surface area contributed by atoms with Crippen molar-refractivity contribution in [2.24, 2.45) is 0 Å². The molecule has 1 aromatic carbocycles. The van der Waals surface area contributed by atoms with Gasteiger partial charge < -0.3 is 14.8 Å². The summed E-state index contributed by atoms with van der Waals surface area (Å²) in [6.45, 7) is 2.61. The van der Waals surface area contributed by atoms with E-state index < -0.39 is 0 Å². The van der Waals surface area contributed by atoms with Crippen LogP contribution in [-0.2, 0) is 16.0 Å². The van der Waals surface area contributed by atoms with Crippen molar-refractivity contribution in [2.45, 2.75) is 31.9 Å². The van der Waals surface area contributed by atoms with Gasteiger partial charge in [0.1, 0.15) is 17.9 Å². The van der Waals surface area contributed by atoms with Gasteiger partial charge in [0.25, 0.3) is 0 Å². The highest BCUT2D eigenvalue weighted by Gasteiger charge is 2.24. The Morgan fingerprint density at radius 3 is 3.00 bits per heavy atom. The highest BCUT2D eigenvalue weighted by Crippen LogP contribution is 2.27. The molecular weight excluding hydrogens is 230 g/mol. The van der Waals surface area contributed by atoms with Crippen molar-refractivity contribution >= 4 is 5.97 Å². The minimum Gasteiger partial charge on any atom is -0.488 e. The van der Waals surface area contributed by atoms with Crippen LogP contribution in [0.4, 0.5) is 0 Å². The first-order valence-corrected chi connectivity index (χ1v) is 6.30. The summed E-state index contributed by atoms with van der Waals surface area (Å²) in [5.74, 6) is 0.739. The van der Waals surface area contributed by atoms with E-state index in [1.165, 1.54) is 12.7 Å². The van der Waals surface area contributed by atoms with Crippen molar-refractivity contribution in [1.29, 1.82) is 0 Å². The maximum atomic E-state index is 11.4. The van der Waals surface area contributed by atoms with Crippen LogP contribution in [0.15, 0.2) is 24.3 Å². The maximum Gasteiger partial charge on any atom is 0.322 e. The number of carbonyl (C=O) groups is 1. The van der Waals surface area contributed by atoms with Crippen LogP contribution in [0, 0.1) is 0 Å². The number of carbonyl (C=O) groups excluding carboxylic acids is 1. The molecule has 4 heteroatoms. The van der Waals surface area contributed by atoms with Gasteiger partial charge in [-0.15, -0.1) is 0 Å². The highest BCUT2D eigenvalue weighted by atomic mass is 16.5. The van der Waals surface area contributed by atoms with E-state index in [0.717, 1.165) is 12.2 Å². The molecular formula is C14H19NO3. The lowest BCUT2D eigenvalue weighted by molar-refractivity contribution is -0.143. The number of hydrogen-bond donors (Lipinski definition) is 1. The zero-order valence-corrected chi connectivity index (χ0v) is 10.8. The average molecular weight is 249 g/mol. The van der Waals surface area contributed by atoms with E-state index in [1.54, 1.807) is 0 Å². The van der Waals surface area contributed by atoms with Crippen molar-refractivity contribution in [3.8, 4) is 5.75 Å². The Labute approximate surface area is 107 Å². The monoisotopic (exact) mass is 249 g/mol. The molecule has 1 heterocycles. The van der Waals surface area contributed by atoms with Crippen LogP contribution >= 0.6 is 0 Å². The smallest absolute Gasteiger partial charge is 0.322 e. The Balaban J connectivity index is 1.84. The molecule has 1 aliphatic heterocycles. The Bertz CT molecular complexity index is 394. The topological polar surface area (TPSA) is 47.6 Å². The van der Waals surface area contributed by atoms with Crippen LogP contribution in [0.5, 0.6) is 5.75 Å². The Morgan fingerprint density at radius 1 is 1.56 bits per heavy atom. The third kappa shape index (κ3) is 2.82. The molecule has 2 atom stereocenters. The lowest BCUT2D eigenvalue weighted by Gasteiger charge is -2.17. The van der Waals surface area contributed by atoms with Crippen LogP contribution in [0.25, 0.3) is 0 Å². The summed E-state index contributed by atoms with van der Waals surface area (Å²) < 4.78 is 10.5. The van der Waals surface area contributed by atoms with Crippen molar-refractivity contribution in [2.75, 3.05) is 13.7 Å². The van der Waals surface area contributed by atoms with Gasteiger partial charge in [-0.05, 0) is 18.1 Å². The second-order valence-corrected chi connectivity index (χ2v) is 4.44. The molecule has 0 saturated heterocycles. The SMILES string of the molecule is CCC(NCC1Cc2ccccc2O1)C(=O)OC. The molecule has 1 aromatic rings. The van der Waals surface area contributed by atoms with Gasteiger partial charge in [-0.3, -0.25) is 4.79 Å². The van der Waals surface area contributed by atoms with E-state index in [1.807, 2.05) is 25.1 Å².